The van der Waals surface area contributed by atoms with Crippen LogP contribution in [0.4, 0.5) is 0 Å². The minimum absolute atomic E-state index is 0.0312. The normalized spacial score (nSPS) is 29.0. The van der Waals surface area contributed by atoms with E-state index in [1.165, 1.54) is 6.42 Å². The van der Waals surface area contributed by atoms with Gasteiger partial charge in [-0.1, -0.05) is 6.92 Å². The Bertz CT molecular complexity index is 209. The Kier molecular flexibility index (Phi) is 1.65. The predicted molar refractivity (Wildman–Crippen MR) is 46.8 cm³/mol. The second-order valence-corrected chi connectivity index (χ2v) is 4.13. The van der Waals surface area contributed by atoms with Gasteiger partial charge in [0.2, 0.25) is 5.91 Å². The summed E-state index contributed by atoms with van der Waals surface area (Å²) in [5.74, 6) is 0.266. The molecule has 0 aromatic carbocycles. The Labute approximate surface area is 73.1 Å². The van der Waals surface area contributed by atoms with Crippen molar-refractivity contribution in [2.75, 3.05) is 19.6 Å². The van der Waals surface area contributed by atoms with Crippen LogP contribution < -0.4 is 5.32 Å². The smallest absolute Gasteiger partial charge is 0.230 e. The Morgan fingerprint density at radius 1 is 1.67 bits per heavy atom. The molecule has 68 valence electrons. The van der Waals surface area contributed by atoms with Crippen LogP contribution in [0.15, 0.2) is 0 Å². The molecule has 0 saturated carbocycles. The molecule has 2 heterocycles. The van der Waals surface area contributed by atoms with E-state index in [0.29, 0.717) is 6.04 Å². The maximum atomic E-state index is 11.2. The van der Waals surface area contributed by atoms with Crippen LogP contribution in [0.1, 0.15) is 20.3 Å². The van der Waals surface area contributed by atoms with E-state index in [0.717, 1.165) is 19.6 Å². The molecule has 2 aliphatic rings. The molecular weight excluding hydrogens is 152 g/mol. The average molecular weight is 168 g/mol. The third-order valence-electron chi connectivity index (χ3n) is 3.29. The highest BCUT2D eigenvalue weighted by molar-refractivity contribution is 5.90. The van der Waals surface area contributed by atoms with E-state index < -0.39 is 0 Å². The molecule has 1 unspecified atom stereocenters. The number of carbonyl (C=O) groups excluding carboxylic acids is 1. The van der Waals surface area contributed by atoms with Crippen LogP contribution in [0, 0.1) is 5.41 Å². The summed E-state index contributed by atoms with van der Waals surface area (Å²) in [6.07, 6.45) is 1.18. The molecule has 2 aliphatic heterocycles. The van der Waals surface area contributed by atoms with Crippen LogP contribution in [0.5, 0.6) is 0 Å². The summed E-state index contributed by atoms with van der Waals surface area (Å²) >= 11 is 0. The number of nitrogens with zero attached hydrogens (tertiary/aromatic N) is 1. The van der Waals surface area contributed by atoms with Gasteiger partial charge >= 0.3 is 0 Å². The molecular formula is C9H16N2O. The molecule has 1 amide bonds. The van der Waals surface area contributed by atoms with Gasteiger partial charge in [0.1, 0.15) is 0 Å². The van der Waals surface area contributed by atoms with Gasteiger partial charge < -0.3 is 5.32 Å². The molecule has 1 atom stereocenters. The molecule has 0 aromatic rings. The van der Waals surface area contributed by atoms with Crippen molar-refractivity contribution in [2.45, 2.75) is 26.3 Å². The van der Waals surface area contributed by atoms with Gasteiger partial charge in [0.25, 0.3) is 0 Å². The fraction of sp³-hybridized carbons (Fsp3) is 0.889. The van der Waals surface area contributed by atoms with Gasteiger partial charge in [0, 0.05) is 25.7 Å². The van der Waals surface area contributed by atoms with Crippen LogP contribution in [-0.4, -0.2) is 36.5 Å². The van der Waals surface area contributed by atoms with Crippen molar-refractivity contribution in [3.05, 3.63) is 0 Å². The molecule has 2 saturated heterocycles. The molecule has 0 aliphatic carbocycles. The molecule has 0 radical (unpaired) electrons. The summed E-state index contributed by atoms with van der Waals surface area (Å²) in [5.41, 5.74) is 0.0312. The first-order chi connectivity index (χ1) is 5.68. The van der Waals surface area contributed by atoms with Gasteiger partial charge in [-0.2, -0.15) is 0 Å². The highest BCUT2D eigenvalue weighted by atomic mass is 16.2. The van der Waals surface area contributed by atoms with Crippen molar-refractivity contribution < 1.29 is 4.79 Å². The topological polar surface area (TPSA) is 32.3 Å². The standard InChI is InChI=1S/C9H16N2O/c1-3-7(2)11-5-9(6-11)4-10-8(9)12/h7H,3-6H2,1-2H3,(H,10,12). The summed E-state index contributed by atoms with van der Waals surface area (Å²) < 4.78 is 0. The Morgan fingerprint density at radius 3 is 2.67 bits per heavy atom. The monoisotopic (exact) mass is 168 g/mol. The molecule has 3 heteroatoms. The molecule has 1 spiro atoms. The molecule has 2 rings (SSSR count). The number of nitrogens with one attached hydrogen (secondary N) is 1. The molecule has 2 fully saturated rings. The van der Waals surface area contributed by atoms with Gasteiger partial charge in [-0.3, -0.25) is 9.69 Å². The van der Waals surface area contributed by atoms with Gasteiger partial charge in [-0.25, -0.2) is 0 Å². The zero-order chi connectivity index (χ0) is 8.77. The quantitative estimate of drug-likeness (QED) is 0.598. The number of β-lactam (4-membered cyclic amide) rings is 1. The summed E-state index contributed by atoms with van der Waals surface area (Å²) in [6.45, 7) is 7.28. The number of hydrogen-bond acceptors (Lipinski definition) is 2. The van der Waals surface area contributed by atoms with Crippen molar-refractivity contribution in [1.82, 2.24) is 10.2 Å². The van der Waals surface area contributed by atoms with E-state index in [1.54, 1.807) is 0 Å². The van der Waals surface area contributed by atoms with Crippen molar-refractivity contribution in [1.29, 1.82) is 0 Å². The lowest BCUT2D eigenvalue weighted by molar-refractivity contribution is -0.157. The van der Waals surface area contributed by atoms with Crippen LogP contribution in [0.2, 0.25) is 0 Å². The summed E-state index contributed by atoms with van der Waals surface area (Å²) in [6, 6.07) is 0.643. The first kappa shape index (κ1) is 8.05. The van der Waals surface area contributed by atoms with Crippen molar-refractivity contribution in [2.24, 2.45) is 5.41 Å². The minimum Gasteiger partial charge on any atom is -0.354 e. The van der Waals surface area contributed by atoms with E-state index in [9.17, 15) is 4.79 Å². The fourth-order valence-electron chi connectivity index (χ4n) is 1.97. The van der Waals surface area contributed by atoms with Crippen molar-refractivity contribution >= 4 is 5.91 Å². The molecule has 12 heavy (non-hydrogen) atoms. The molecule has 3 nitrogen and oxygen atoms in total. The van der Waals surface area contributed by atoms with E-state index in [2.05, 4.69) is 24.1 Å². The number of rotatable bonds is 2. The Balaban J connectivity index is 1.87. The third-order valence-corrected chi connectivity index (χ3v) is 3.29. The number of likely N-dealkylation sites (tertiary alicyclic amines) is 1. The van der Waals surface area contributed by atoms with Crippen LogP contribution in [0.25, 0.3) is 0 Å². The van der Waals surface area contributed by atoms with Gasteiger partial charge in [0.15, 0.2) is 0 Å². The SMILES string of the molecule is CCC(C)N1CC2(CNC2=O)C1. The average Bonchev–Trinajstić information content (AvgIpc) is 1.99. The minimum atomic E-state index is 0.0312. The van der Waals surface area contributed by atoms with Crippen molar-refractivity contribution in [3.8, 4) is 0 Å². The first-order valence-corrected chi connectivity index (χ1v) is 4.70. The number of hydrogen-bond donors (Lipinski definition) is 1. The third kappa shape index (κ3) is 0.891. The lowest BCUT2D eigenvalue weighted by atomic mass is 9.73. The molecule has 1 N–H and O–H groups in total. The van der Waals surface area contributed by atoms with E-state index >= 15 is 0 Å². The highest BCUT2D eigenvalue weighted by Gasteiger charge is 2.55. The van der Waals surface area contributed by atoms with Gasteiger partial charge in [-0.05, 0) is 13.3 Å². The molecule has 0 bridgehead atoms. The van der Waals surface area contributed by atoms with Gasteiger partial charge in [0.05, 0.1) is 5.41 Å². The zero-order valence-corrected chi connectivity index (χ0v) is 7.76. The van der Waals surface area contributed by atoms with Crippen LogP contribution in [0.3, 0.4) is 0 Å². The first-order valence-electron chi connectivity index (χ1n) is 4.70. The van der Waals surface area contributed by atoms with Crippen LogP contribution in [-0.2, 0) is 4.79 Å². The van der Waals surface area contributed by atoms with Crippen LogP contribution >= 0.6 is 0 Å². The Morgan fingerprint density at radius 2 is 2.33 bits per heavy atom. The zero-order valence-electron chi connectivity index (χ0n) is 7.76. The summed E-state index contributed by atoms with van der Waals surface area (Å²) in [4.78, 5) is 13.5. The second kappa shape index (κ2) is 2.46. The number of carbonyl (C=O) groups is 1. The van der Waals surface area contributed by atoms with Gasteiger partial charge in [-0.15, -0.1) is 0 Å². The predicted octanol–water partition coefficient (Wildman–Crippen LogP) is 0.217. The second-order valence-electron chi connectivity index (χ2n) is 4.13. The maximum absolute atomic E-state index is 11.2. The van der Waals surface area contributed by atoms with E-state index in [4.69, 9.17) is 0 Å². The maximum Gasteiger partial charge on any atom is 0.230 e. The highest BCUT2D eigenvalue weighted by Crippen LogP contribution is 2.36. The summed E-state index contributed by atoms with van der Waals surface area (Å²) in [5, 5.41) is 2.81. The van der Waals surface area contributed by atoms with Crippen molar-refractivity contribution in [3.63, 3.8) is 0 Å². The fourth-order valence-corrected chi connectivity index (χ4v) is 1.97. The lowest BCUT2D eigenvalue weighted by Crippen LogP contribution is -2.75. The molecule has 0 aromatic heterocycles. The largest absolute Gasteiger partial charge is 0.354 e. The van der Waals surface area contributed by atoms with E-state index in [-0.39, 0.29) is 11.3 Å². The number of amides is 1. The van der Waals surface area contributed by atoms with E-state index in [1.807, 2.05) is 0 Å². The lowest BCUT2D eigenvalue weighted by Gasteiger charge is -2.56. The summed E-state index contributed by atoms with van der Waals surface area (Å²) in [7, 11) is 0. The Hall–Kier alpha value is -0.570.